The minimum Gasteiger partial charge on any atom is -0.494 e. The van der Waals surface area contributed by atoms with Gasteiger partial charge in [-0.1, -0.05) is 30.8 Å². The molecular formula is C36H39BO10. The molecule has 10 nitrogen and oxygen atoms in total. The molecule has 0 radical (unpaired) electrons. The lowest BCUT2D eigenvalue weighted by molar-refractivity contribution is -0.137. The minimum absolute atomic E-state index is 0.256. The lowest BCUT2D eigenvalue weighted by atomic mass is 9.80. The van der Waals surface area contributed by atoms with Gasteiger partial charge < -0.3 is 33.7 Å². The molecule has 0 aliphatic rings. The molecule has 0 aliphatic carbocycles. The molecule has 0 aromatic heterocycles. The van der Waals surface area contributed by atoms with E-state index in [2.05, 4.69) is 6.58 Å². The molecule has 0 spiro atoms. The average Bonchev–Trinajstić information content (AvgIpc) is 3.08. The molecule has 11 heteroatoms. The Morgan fingerprint density at radius 1 is 0.681 bits per heavy atom. The highest BCUT2D eigenvalue weighted by Gasteiger charge is 2.15. The number of hydrogen-bond donors (Lipinski definition) is 2. The van der Waals surface area contributed by atoms with Crippen LogP contribution in [-0.4, -0.2) is 48.3 Å². The van der Waals surface area contributed by atoms with Gasteiger partial charge in [0.25, 0.3) is 0 Å². The normalized spacial score (nSPS) is 11.8. The van der Waals surface area contributed by atoms with Gasteiger partial charge in [0.15, 0.2) is 0 Å². The van der Waals surface area contributed by atoms with Crippen LogP contribution >= 0.6 is 0 Å². The summed E-state index contributed by atoms with van der Waals surface area (Å²) in [6.45, 7) is 11.2. The van der Waals surface area contributed by atoms with E-state index in [1.165, 1.54) is 0 Å². The standard InChI is InChI=1S/C36H39BO10/c1-6-34(38)44-22-8-7-21-43-32-17-13-30(14-18-32)36(40)47-27(5)25(3)24(2)26(4)46-35(39)29-11-9-28(10-12-29)23-45-33-19-15-31(16-20-33)37(41)42/h6,9-20,41-42H,1,7-8,21-23H2,2-5H3/b26-24+,27-25+. The Morgan fingerprint density at radius 3 is 1.66 bits per heavy atom. The summed E-state index contributed by atoms with van der Waals surface area (Å²) in [6.07, 6.45) is 2.47. The fraction of sp³-hybridized carbons (Fsp3) is 0.250. The van der Waals surface area contributed by atoms with Gasteiger partial charge in [-0.2, -0.15) is 0 Å². The van der Waals surface area contributed by atoms with Crippen LogP contribution in [0.1, 0.15) is 66.8 Å². The first-order chi connectivity index (χ1) is 22.5. The van der Waals surface area contributed by atoms with Crippen LogP contribution in [0.3, 0.4) is 0 Å². The number of unbranched alkanes of at least 4 members (excludes halogenated alkanes) is 1. The third-order valence-corrected chi connectivity index (χ3v) is 7.19. The zero-order valence-electron chi connectivity index (χ0n) is 27.0. The lowest BCUT2D eigenvalue weighted by Gasteiger charge is -2.13. The highest BCUT2D eigenvalue weighted by Crippen LogP contribution is 2.22. The van der Waals surface area contributed by atoms with E-state index in [9.17, 15) is 24.4 Å². The van der Waals surface area contributed by atoms with Gasteiger partial charge in [0, 0.05) is 6.08 Å². The summed E-state index contributed by atoms with van der Waals surface area (Å²) in [5, 5.41) is 18.4. The number of carbonyl (C=O) groups is 3. The van der Waals surface area contributed by atoms with Crippen molar-refractivity contribution in [2.75, 3.05) is 13.2 Å². The predicted octanol–water partition coefficient (Wildman–Crippen LogP) is 5.44. The van der Waals surface area contributed by atoms with Crippen LogP contribution in [0.5, 0.6) is 11.5 Å². The summed E-state index contributed by atoms with van der Waals surface area (Å²) in [5.41, 5.74) is 3.20. The van der Waals surface area contributed by atoms with Gasteiger partial charge in [0.1, 0.15) is 29.6 Å². The largest absolute Gasteiger partial charge is 0.494 e. The van der Waals surface area contributed by atoms with Gasteiger partial charge in [0.05, 0.1) is 24.3 Å². The van der Waals surface area contributed by atoms with Gasteiger partial charge in [0.2, 0.25) is 0 Å². The van der Waals surface area contributed by atoms with E-state index in [4.69, 9.17) is 23.7 Å². The fourth-order valence-corrected chi connectivity index (χ4v) is 4.03. The number of esters is 3. The van der Waals surface area contributed by atoms with Crippen molar-refractivity contribution in [1.82, 2.24) is 0 Å². The zero-order chi connectivity index (χ0) is 34.3. The van der Waals surface area contributed by atoms with E-state index in [1.54, 1.807) is 100 Å². The summed E-state index contributed by atoms with van der Waals surface area (Å²) in [5.74, 6) is 0.376. The van der Waals surface area contributed by atoms with Crippen LogP contribution in [0.25, 0.3) is 0 Å². The van der Waals surface area contributed by atoms with Gasteiger partial charge in [-0.05, 0) is 111 Å². The fourth-order valence-electron chi connectivity index (χ4n) is 4.03. The van der Waals surface area contributed by atoms with Gasteiger partial charge >= 0.3 is 25.0 Å². The number of rotatable bonds is 16. The SMILES string of the molecule is C=CC(=O)OCCCCOc1ccc(C(=O)O/C(C)=C(C)/C(C)=C(\C)OC(=O)c2ccc(COc3ccc(B(O)O)cc3)cc2)cc1. The third kappa shape index (κ3) is 11.6. The molecule has 246 valence electrons. The van der Waals surface area contributed by atoms with Crippen LogP contribution in [0, 0.1) is 0 Å². The first-order valence-corrected chi connectivity index (χ1v) is 15.0. The van der Waals surface area contributed by atoms with E-state index in [-0.39, 0.29) is 6.61 Å². The second kappa shape index (κ2) is 18.1. The molecule has 0 bridgehead atoms. The Morgan fingerprint density at radius 2 is 1.15 bits per heavy atom. The molecule has 3 rings (SSSR count). The molecule has 3 aromatic carbocycles. The maximum Gasteiger partial charge on any atom is 0.488 e. The zero-order valence-corrected chi connectivity index (χ0v) is 27.0. The lowest BCUT2D eigenvalue weighted by Crippen LogP contribution is -2.29. The van der Waals surface area contributed by atoms with E-state index in [0.717, 1.165) is 11.6 Å². The molecule has 0 unspecified atom stereocenters. The van der Waals surface area contributed by atoms with Crippen LogP contribution < -0.4 is 14.9 Å². The van der Waals surface area contributed by atoms with Crippen molar-refractivity contribution in [2.45, 2.75) is 47.1 Å². The van der Waals surface area contributed by atoms with Gasteiger partial charge in [-0.3, -0.25) is 0 Å². The molecule has 2 N–H and O–H groups in total. The number of ether oxygens (including phenoxy) is 5. The van der Waals surface area contributed by atoms with E-state index in [1.807, 2.05) is 0 Å². The molecule has 47 heavy (non-hydrogen) atoms. The number of allylic oxidation sites excluding steroid dienone is 4. The van der Waals surface area contributed by atoms with Gasteiger partial charge in [-0.15, -0.1) is 0 Å². The summed E-state index contributed by atoms with van der Waals surface area (Å²) in [6, 6.07) is 19.8. The first-order valence-electron chi connectivity index (χ1n) is 15.0. The van der Waals surface area contributed by atoms with Crippen LogP contribution in [0.4, 0.5) is 0 Å². The summed E-state index contributed by atoms with van der Waals surface area (Å²) < 4.78 is 27.5. The summed E-state index contributed by atoms with van der Waals surface area (Å²) >= 11 is 0. The van der Waals surface area contributed by atoms with Crippen LogP contribution in [0.2, 0.25) is 0 Å². The number of benzene rings is 3. The Labute approximate surface area is 275 Å². The Hall–Kier alpha value is -5.13. The second-order valence-electron chi connectivity index (χ2n) is 10.5. The quantitative estimate of drug-likeness (QED) is 0.0396. The molecule has 0 fully saturated rings. The smallest absolute Gasteiger partial charge is 0.488 e. The molecule has 3 aromatic rings. The highest BCUT2D eigenvalue weighted by atomic mass is 16.5. The molecular weight excluding hydrogens is 603 g/mol. The van der Waals surface area contributed by atoms with Crippen LogP contribution in [0.15, 0.2) is 108 Å². The summed E-state index contributed by atoms with van der Waals surface area (Å²) in [4.78, 5) is 36.6. The van der Waals surface area contributed by atoms with Crippen LogP contribution in [-0.2, 0) is 25.6 Å². The van der Waals surface area contributed by atoms with Crippen molar-refractivity contribution < 1.29 is 48.1 Å². The monoisotopic (exact) mass is 642 g/mol. The molecule has 0 saturated carbocycles. The van der Waals surface area contributed by atoms with Crippen molar-refractivity contribution in [1.29, 1.82) is 0 Å². The Balaban J connectivity index is 1.49. The second-order valence-corrected chi connectivity index (χ2v) is 10.5. The molecule has 0 atom stereocenters. The van der Waals surface area contributed by atoms with E-state index >= 15 is 0 Å². The van der Waals surface area contributed by atoms with Crippen molar-refractivity contribution in [3.63, 3.8) is 0 Å². The molecule has 0 amide bonds. The van der Waals surface area contributed by atoms with Gasteiger partial charge in [-0.25, -0.2) is 14.4 Å². The Bertz CT molecular complexity index is 1590. The highest BCUT2D eigenvalue weighted by molar-refractivity contribution is 6.58. The molecule has 0 heterocycles. The van der Waals surface area contributed by atoms with E-state index < -0.39 is 25.0 Å². The topological polar surface area (TPSA) is 138 Å². The summed E-state index contributed by atoms with van der Waals surface area (Å²) in [7, 11) is -1.54. The molecule has 0 aliphatic heterocycles. The first kappa shape index (κ1) is 36.3. The van der Waals surface area contributed by atoms with Crippen molar-refractivity contribution in [3.8, 4) is 11.5 Å². The minimum atomic E-state index is -1.54. The maximum atomic E-state index is 12.8. The molecule has 0 saturated heterocycles. The number of carbonyl (C=O) groups excluding carboxylic acids is 3. The predicted molar refractivity (Wildman–Crippen MR) is 177 cm³/mol. The number of hydrogen-bond acceptors (Lipinski definition) is 10. The third-order valence-electron chi connectivity index (χ3n) is 7.19. The van der Waals surface area contributed by atoms with Crippen molar-refractivity contribution in [3.05, 3.63) is 125 Å². The maximum absolute atomic E-state index is 12.8. The van der Waals surface area contributed by atoms with E-state index in [0.29, 0.717) is 76.8 Å². The van der Waals surface area contributed by atoms with Crippen molar-refractivity contribution >= 4 is 30.5 Å². The average molecular weight is 643 g/mol. The van der Waals surface area contributed by atoms with Crippen molar-refractivity contribution in [2.24, 2.45) is 0 Å². The Kier molecular flexibility index (Phi) is 14.0.